The molecule has 0 aliphatic carbocycles. The molecule has 2 heterocycles. The molecule has 4 N–H and O–H groups in total. The molecule has 4 rings (SSSR count). The molecule has 0 aliphatic heterocycles. The first-order valence-electron chi connectivity index (χ1n) is 9.02. The lowest BCUT2D eigenvalue weighted by molar-refractivity contribution is 0.0938. The summed E-state index contributed by atoms with van der Waals surface area (Å²) in [6.07, 6.45) is 4.16. The smallest absolute Gasteiger partial charge is 0.333 e. The van der Waals surface area contributed by atoms with Crippen molar-refractivity contribution in [3.05, 3.63) is 66.6 Å². The Morgan fingerprint density at radius 1 is 1.04 bits per heavy atom. The number of nitrogens with zero attached hydrogens (tertiary/aromatic N) is 2. The topological polar surface area (TPSA) is 104 Å². The molecule has 3 amide bonds. The Balaban J connectivity index is 1.22. The van der Waals surface area contributed by atoms with Gasteiger partial charge in [0, 0.05) is 30.2 Å². The van der Waals surface area contributed by atoms with E-state index in [2.05, 4.69) is 26.1 Å². The highest BCUT2D eigenvalue weighted by molar-refractivity contribution is 6.07. The quantitative estimate of drug-likeness (QED) is 0.318. The van der Waals surface area contributed by atoms with Crippen LogP contribution in [0.25, 0.3) is 21.9 Å². The monoisotopic (exact) mass is 376 g/mol. The molecule has 142 valence electrons. The van der Waals surface area contributed by atoms with E-state index in [1.165, 1.54) is 0 Å². The maximum atomic E-state index is 12.3. The van der Waals surface area contributed by atoms with Crippen LogP contribution in [-0.2, 0) is 6.54 Å². The van der Waals surface area contributed by atoms with Crippen LogP contribution >= 0.6 is 0 Å². The van der Waals surface area contributed by atoms with E-state index in [4.69, 9.17) is 0 Å². The number of hydrogen-bond acceptors (Lipinski definition) is 3. The number of hydrazine groups is 1. The Bertz CT molecular complexity index is 1130. The van der Waals surface area contributed by atoms with E-state index < -0.39 is 6.03 Å². The minimum absolute atomic E-state index is 0.377. The standard InChI is InChI=1S/C20H20N6O2/c27-19(15-12-22-16-7-2-1-6-14(15)16)24-25-20(28)21-10-5-11-26-13-23-17-8-3-4-9-18(17)26/h1-4,6-9,12-13,22H,5,10-11H2,(H,24,27)(H2,21,25,28). The SMILES string of the molecule is O=C(NCCCn1cnc2ccccc21)NNC(=O)c1c[nH]c2ccccc12. The Hall–Kier alpha value is -3.81. The lowest BCUT2D eigenvalue weighted by atomic mass is 10.2. The number of para-hydroxylation sites is 3. The molecule has 8 nitrogen and oxygen atoms in total. The Labute approximate surface area is 160 Å². The average molecular weight is 376 g/mol. The number of rotatable bonds is 5. The lowest BCUT2D eigenvalue weighted by Crippen LogP contribution is -2.47. The molecular formula is C20H20N6O2. The van der Waals surface area contributed by atoms with Gasteiger partial charge in [-0.05, 0) is 24.6 Å². The Kier molecular flexibility index (Phi) is 4.92. The number of carbonyl (C=O) groups is 2. The molecule has 0 spiro atoms. The van der Waals surface area contributed by atoms with Crippen LogP contribution in [0.5, 0.6) is 0 Å². The molecule has 0 bridgehead atoms. The first-order valence-corrected chi connectivity index (χ1v) is 9.02. The highest BCUT2D eigenvalue weighted by Gasteiger charge is 2.12. The molecule has 0 fully saturated rings. The molecule has 0 unspecified atom stereocenters. The molecule has 4 aromatic rings. The second-order valence-electron chi connectivity index (χ2n) is 6.36. The van der Waals surface area contributed by atoms with Gasteiger partial charge in [-0.15, -0.1) is 0 Å². The third-order valence-corrected chi connectivity index (χ3v) is 4.51. The van der Waals surface area contributed by atoms with Crippen LogP contribution in [0.2, 0.25) is 0 Å². The molecule has 28 heavy (non-hydrogen) atoms. The van der Waals surface area contributed by atoms with Crippen LogP contribution in [0.15, 0.2) is 61.1 Å². The van der Waals surface area contributed by atoms with E-state index in [1.807, 2.05) is 53.1 Å². The van der Waals surface area contributed by atoms with Crippen LogP contribution in [0, 0.1) is 0 Å². The fourth-order valence-corrected chi connectivity index (χ4v) is 3.12. The highest BCUT2D eigenvalue weighted by Crippen LogP contribution is 2.17. The number of hydrogen-bond donors (Lipinski definition) is 4. The van der Waals surface area contributed by atoms with Gasteiger partial charge in [-0.2, -0.15) is 0 Å². The van der Waals surface area contributed by atoms with Gasteiger partial charge < -0.3 is 14.9 Å². The van der Waals surface area contributed by atoms with Crippen molar-refractivity contribution >= 4 is 33.9 Å². The fraction of sp³-hybridized carbons (Fsp3) is 0.150. The molecule has 8 heteroatoms. The number of aromatic nitrogens is 3. The van der Waals surface area contributed by atoms with Gasteiger partial charge in [-0.25, -0.2) is 15.2 Å². The minimum Gasteiger partial charge on any atom is -0.360 e. The number of urea groups is 1. The number of aryl methyl sites for hydroxylation is 1. The molecule has 0 aliphatic rings. The number of benzene rings is 2. The first-order chi connectivity index (χ1) is 13.7. The van der Waals surface area contributed by atoms with E-state index in [0.717, 1.165) is 34.9 Å². The van der Waals surface area contributed by atoms with Gasteiger partial charge in [0.05, 0.1) is 22.9 Å². The summed E-state index contributed by atoms with van der Waals surface area (Å²) in [4.78, 5) is 31.5. The molecule has 2 aromatic carbocycles. The Morgan fingerprint density at radius 3 is 2.79 bits per heavy atom. The zero-order valence-electron chi connectivity index (χ0n) is 15.1. The van der Waals surface area contributed by atoms with Crippen LogP contribution in [0.3, 0.4) is 0 Å². The Morgan fingerprint density at radius 2 is 1.86 bits per heavy atom. The van der Waals surface area contributed by atoms with Crippen molar-refractivity contribution in [3.63, 3.8) is 0 Å². The lowest BCUT2D eigenvalue weighted by Gasteiger charge is -2.09. The van der Waals surface area contributed by atoms with E-state index in [9.17, 15) is 9.59 Å². The van der Waals surface area contributed by atoms with Gasteiger partial charge in [0.1, 0.15) is 0 Å². The van der Waals surface area contributed by atoms with E-state index in [1.54, 1.807) is 12.5 Å². The number of nitrogens with one attached hydrogen (secondary N) is 4. The zero-order valence-corrected chi connectivity index (χ0v) is 15.1. The fourth-order valence-electron chi connectivity index (χ4n) is 3.12. The third-order valence-electron chi connectivity index (χ3n) is 4.51. The van der Waals surface area contributed by atoms with Crippen molar-refractivity contribution in [2.75, 3.05) is 6.54 Å². The molecule has 0 atom stereocenters. The largest absolute Gasteiger partial charge is 0.360 e. The third kappa shape index (κ3) is 3.66. The van der Waals surface area contributed by atoms with Gasteiger partial charge in [0.25, 0.3) is 5.91 Å². The van der Waals surface area contributed by atoms with Crippen LogP contribution in [0.4, 0.5) is 4.79 Å². The van der Waals surface area contributed by atoms with Crippen molar-refractivity contribution < 1.29 is 9.59 Å². The molecule has 2 aromatic heterocycles. The maximum absolute atomic E-state index is 12.3. The van der Waals surface area contributed by atoms with Gasteiger partial charge >= 0.3 is 6.03 Å². The summed E-state index contributed by atoms with van der Waals surface area (Å²) in [6.45, 7) is 1.21. The number of carbonyl (C=O) groups excluding carboxylic acids is 2. The average Bonchev–Trinajstić information content (AvgIpc) is 3.34. The second-order valence-corrected chi connectivity index (χ2v) is 6.36. The normalized spacial score (nSPS) is 10.9. The first kappa shape index (κ1) is 17.6. The summed E-state index contributed by atoms with van der Waals surface area (Å²) in [5.74, 6) is -0.377. The van der Waals surface area contributed by atoms with E-state index >= 15 is 0 Å². The molecule has 0 radical (unpaired) electrons. The predicted molar refractivity (Wildman–Crippen MR) is 107 cm³/mol. The number of imidazole rings is 1. The van der Waals surface area contributed by atoms with Crippen molar-refractivity contribution in [2.45, 2.75) is 13.0 Å². The summed E-state index contributed by atoms with van der Waals surface area (Å²) in [7, 11) is 0. The summed E-state index contributed by atoms with van der Waals surface area (Å²) in [6, 6.07) is 14.9. The van der Waals surface area contributed by atoms with Gasteiger partial charge in [0.2, 0.25) is 0 Å². The summed E-state index contributed by atoms with van der Waals surface area (Å²) in [5.41, 5.74) is 8.15. The van der Waals surface area contributed by atoms with Gasteiger partial charge in [0.15, 0.2) is 0 Å². The van der Waals surface area contributed by atoms with Crippen LogP contribution in [0.1, 0.15) is 16.8 Å². The summed E-state index contributed by atoms with van der Waals surface area (Å²) < 4.78 is 2.05. The van der Waals surface area contributed by atoms with Gasteiger partial charge in [-0.3, -0.25) is 10.2 Å². The number of fused-ring (bicyclic) bond motifs is 2. The number of aromatic amines is 1. The van der Waals surface area contributed by atoms with Gasteiger partial charge in [-0.1, -0.05) is 30.3 Å². The number of H-pyrrole nitrogens is 1. The van der Waals surface area contributed by atoms with Crippen molar-refractivity contribution in [2.24, 2.45) is 0 Å². The molecular weight excluding hydrogens is 356 g/mol. The minimum atomic E-state index is -0.455. The zero-order chi connectivity index (χ0) is 19.3. The van der Waals surface area contributed by atoms with Crippen molar-refractivity contribution in [1.29, 1.82) is 0 Å². The molecule has 0 saturated heterocycles. The van der Waals surface area contributed by atoms with Crippen molar-refractivity contribution in [3.8, 4) is 0 Å². The maximum Gasteiger partial charge on any atom is 0.333 e. The highest BCUT2D eigenvalue weighted by atomic mass is 16.2. The van der Waals surface area contributed by atoms with E-state index in [-0.39, 0.29) is 5.91 Å². The van der Waals surface area contributed by atoms with Crippen LogP contribution in [-0.4, -0.2) is 33.0 Å². The summed E-state index contributed by atoms with van der Waals surface area (Å²) >= 11 is 0. The van der Waals surface area contributed by atoms with E-state index in [0.29, 0.717) is 12.1 Å². The van der Waals surface area contributed by atoms with Crippen molar-refractivity contribution in [1.82, 2.24) is 30.7 Å². The summed E-state index contributed by atoms with van der Waals surface area (Å²) in [5, 5.41) is 3.53. The van der Waals surface area contributed by atoms with Crippen LogP contribution < -0.4 is 16.2 Å². The second kappa shape index (κ2) is 7.83. The predicted octanol–water partition coefficient (Wildman–Crippen LogP) is 2.55. The number of amides is 3. The molecule has 0 saturated carbocycles.